The molecule has 0 saturated carbocycles. The molecule has 0 unspecified atom stereocenters. The molecular formula is C45H47OP3. The highest BCUT2D eigenvalue weighted by Crippen LogP contribution is 2.52. The topological polar surface area (TPSA) is 9.23 Å². The zero-order valence-corrected chi connectivity index (χ0v) is 31.2. The number of hydrogen-bond acceptors (Lipinski definition) is 1. The summed E-state index contributed by atoms with van der Waals surface area (Å²) in [6, 6.07) is 67.8. The lowest BCUT2D eigenvalue weighted by atomic mass is 9.97. The third kappa shape index (κ3) is 9.85. The molecule has 0 aliphatic heterocycles. The van der Waals surface area contributed by atoms with Gasteiger partial charge in [-0.15, -0.1) is 0 Å². The SMILES string of the molecule is CCCCOCC(CP(c1ccccc1)c1ccccc1)(CP(c1ccccc1)c1ccccc1)CP(c1ccccc1)c1ccccc1. The summed E-state index contributed by atoms with van der Waals surface area (Å²) in [5.74, 6) is 0. The summed E-state index contributed by atoms with van der Waals surface area (Å²) in [5, 5.41) is 8.63. The Balaban J connectivity index is 1.54. The van der Waals surface area contributed by atoms with Crippen molar-refractivity contribution in [3.05, 3.63) is 182 Å². The maximum Gasteiger partial charge on any atom is 0.0533 e. The number of rotatable bonds is 17. The van der Waals surface area contributed by atoms with E-state index >= 15 is 0 Å². The van der Waals surface area contributed by atoms with Crippen LogP contribution in [0.5, 0.6) is 0 Å². The Kier molecular flexibility index (Phi) is 13.4. The predicted molar refractivity (Wildman–Crippen MR) is 220 cm³/mol. The Hall–Kier alpha value is -3.43. The molecule has 0 aromatic heterocycles. The first-order chi connectivity index (χ1) is 24.2. The molecule has 0 amide bonds. The van der Waals surface area contributed by atoms with Crippen molar-refractivity contribution in [2.45, 2.75) is 19.8 Å². The summed E-state index contributed by atoms with van der Waals surface area (Å²) >= 11 is 0. The van der Waals surface area contributed by atoms with E-state index < -0.39 is 23.8 Å². The first-order valence-corrected chi connectivity index (χ1v) is 22.0. The number of unbranched alkanes of at least 4 members (excludes halogenated alkanes) is 1. The molecule has 6 rings (SSSR count). The van der Waals surface area contributed by atoms with Crippen LogP contribution in [-0.4, -0.2) is 31.7 Å². The van der Waals surface area contributed by atoms with Gasteiger partial charge in [-0.1, -0.05) is 195 Å². The summed E-state index contributed by atoms with van der Waals surface area (Å²) in [6.45, 7) is 3.81. The lowest BCUT2D eigenvalue weighted by molar-refractivity contribution is 0.0747. The van der Waals surface area contributed by atoms with E-state index in [1.807, 2.05) is 0 Å². The van der Waals surface area contributed by atoms with E-state index in [0.717, 1.165) is 44.5 Å². The van der Waals surface area contributed by atoms with E-state index in [4.69, 9.17) is 4.74 Å². The summed E-state index contributed by atoms with van der Waals surface area (Å²) in [6.07, 6.45) is 5.42. The minimum absolute atomic E-state index is 0.0973. The van der Waals surface area contributed by atoms with Gasteiger partial charge in [-0.3, -0.25) is 0 Å². The van der Waals surface area contributed by atoms with Gasteiger partial charge in [-0.25, -0.2) is 0 Å². The predicted octanol–water partition coefficient (Wildman–Crippen LogP) is 9.19. The number of benzene rings is 6. The molecule has 0 saturated heterocycles. The fraction of sp³-hybridized carbons (Fsp3) is 0.200. The molecule has 0 bridgehead atoms. The standard InChI is InChI=1S/C45H47OP3/c1-2-3-34-46-35-45(36-47(39-22-10-4-11-23-39)40-24-12-5-13-25-40,37-48(41-26-14-6-15-27-41)42-28-16-7-17-29-42)38-49(43-30-18-8-19-31-43)44-32-20-9-21-33-44/h4-33H,2-3,34-38H2,1H3. The van der Waals surface area contributed by atoms with Crippen molar-refractivity contribution in [3.63, 3.8) is 0 Å². The summed E-state index contributed by atoms with van der Waals surface area (Å²) in [4.78, 5) is 0. The van der Waals surface area contributed by atoms with E-state index in [2.05, 4.69) is 189 Å². The van der Waals surface area contributed by atoms with Gasteiger partial charge in [0.2, 0.25) is 0 Å². The molecule has 0 spiro atoms. The Bertz CT molecular complexity index is 1450. The van der Waals surface area contributed by atoms with Gasteiger partial charge in [0.15, 0.2) is 0 Å². The molecule has 49 heavy (non-hydrogen) atoms. The Morgan fingerprint density at radius 2 is 0.633 bits per heavy atom. The molecular weight excluding hydrogens is 649 g/mol. The van der Waals surface area contributed by atoms with E-state index in [1.54, 1.807) is 0 Å². The lowest BCUT2D eigenvalue weighted by Crippen LogP contribution is -2.42. The average molecular weight is 697 g/mol. The zero-order valence-electron chi connectivity index (χ0n) is 28.5. The van der Waals surface area contributed by atoms with Crippen molar-refractivity contribution in [3.8, 4) is 0 Å². The highest BCUT2D eigenvalue weighted by Gasteiger charge is 2.40. The van der Waals surface area contributed by atoms with Crippen LogP contribution in [0.15, 0.2) is 182 Å². The second-order valence-corrected chi connectivity index (χ2v) is 19.3. The normalized spacial score (nSPS) is 11.8. The van der Waals surface area contributed by atoms with Crippen LogP contribution in [0.3, 0.4) is 0 Å². The van der Waals surface area contributed by atoms with Gasteiger partial charge >= 0.3 is 0 Å². The maximum atomic E-state index is 6.89. The van der Waals surface area contributed by atoms with Crippen LogP contribution in [0.25, 0.3) is 0 Å². The van der Waals surface area contributed by atoms with Crippen LogP contribution in [0.4, 0.5) is 0 Å². The molecule has 248 valence electrons. The fourth-order valence-corrected chi connectivity index (χ4v) is 15.1. The van der Waals surface area contributed by atoms with Gasteiger partial charge in [0.1, 0.15) is 0 Å². The van der Waals surface area contributed by atoms with Crippen LogP contribution in [0.2, 0.25) is 0 Å². The summed E-state index contributed by atoms with van der Waals surface area (Å²) in [5.41, 5.74) is -0.0973. The summed E-state index contributed by atoms with van der Waals surface area (Å²) < 4.78 is 6.89. The maximum absolute atomic E-state index is 6.89. The van der Waals surface area contributed by atoms with E-state index in [-0.39, 0.29) is 5.41 Å². The second-order valence-electron chi connectivity index (χ2n) is 12.7. The third-order valence-electron chi connectivity index (χ3n) is 8.94. The zero-order chi connectivity index (χ0) is 33.6. The molecule has 0 fully saturated rings. The average Bonchev–Trinajstić information content (AvgIpc) is 3.19. The largest absolute Gasteiger partial charge is 0.381 e. The van der Waals surface area contributed by atoms with E-state index in [1.165, 1.54) is 31.8 Å². The van der Waals surface area contributed by atoms with Crippen LogP contribution in [0.1, 0.15) is 19.8 Å². The molecule has 6 aromatic rings. The minimum atomic E-state index is -0.659. The molecule has 0 heterocycles. The highest BCUT2D eigenvalue weighted by molar-refractivity contribution is 7.75. The van der Waals surface area contributed by atoms with Crippen LogP contribution >= 0.6 is 23.8 Å². The Labute approximate surface area is 298 Å². The number of ether oxygens (including phenoxy) is 1. The third-order valence-corrected chi connectivity index (χ3v) is 17.4. The van der Waals surface area contributed by atoms with Crippen LogP contribution in [-0.2, 0) is 4.74 Å². The van der Waals surface area contributed by atoms with Crippen LogP contribution in [0, 0.1) is 5.41 Å². The molecule has 0 aliphatic carbocycles. The second kappa shape index (κ2) is 18.5. The quantitative estimate of drug-likeness (QED) is 0.0683. The van der Waals surface area contributed by atoms with Crippen molar-refractivity contribution in [1.29, 1.82) is 0 Å². The van der Waals surface area contributed by atoms with Crippen molar-refractivity contribution in [2.24, 2.45) is 5.41 Å². The molecule has 0 atom stereocenters. The smallest absolute Gasteiger partial charge is 0.0533 e. The van der Waals surface area contributed by atoms with Gasteiger partial charge in [0.25, 0.3) is 0 Å². The molecule has 1 nitrogen and oxygen atoms in total. The van der Waals surface area contributed by atoms with Gasteiger partial charge in [-0.2, -0.15) is 0 Å². The van der Waals surface area contributed by atoms with Gasteiger partial charge in [0.05, 0.1) is 6.61 Å². The fourth-order valence-electron chi connectivity index (χ4n) is 6.47. The number of hydrogen-bond donors (Lipinski definition) is 0. The van der Waals surface area contributed by atoms with Gasteiger partial charge in [-0.05, 0) is 80.5 Å². The molecule has 4 heteroatoms. The van der Waals surface area contributed by atoms with Crippen molar-refractivity contribution >= 4 is 55.6 Å². The molecule has 0 aliphatic rings. The van der Waals surface area contributed by atoms with Crippen LogP contribution < -0.4 is 31.8 Å². The minimum Gasteiger partial charge on any atom is -0.381 e. The van der Waals surface area contributed by atoms with E-state index in [0.29, 0.717) is 0 Å². The molecule has 0 N–H and O–H groups in total. The Morgan fingerprint density at radius 1 is 0.388 bits per heavy atom. The van der Waals surface area contributed by atoms with Gasteiger partial charge in [0, 0.05) is 12.0 Å². The molecule has 0 radical (unpaired) electrons. The highest BCUT2D eigenvalue weighted by atomic mass is 31.1. The van der Waals surface area contributed by atoms with Crippen molar-refractivity contribution in [2.75, 3.05) is 31.7 Å². The van der Waals surface area contributed by atoms with Gasteiger partial charge < -0.3 is 4.74 Å². The summed E-state index contributed by atoms with van der Waals surface area (Å²) in [7, 11) is -1.98. The first-order valence-electron chi connectivity index (χ1n) is 17.5. The lowest BCUT2D eigenvalue weighted by Gasteiger charge is -2.42. The van der Waals surface area contributed by atoms with Crippen molar-refractivity contribution < 1.29 is 4.74 Å². The first kappa shape index (κ1) is 35.4. The van der Waals surface area contributed by atoms with Crippen molar-refractivity contribution in [1.82, 2.24) is 0 Å². The Morgan fingerprint density at radius 3 is 0.857 bits per heavy atom. The van der Waals surface area contributed by atoms with E-state index in [9.17, 15) is 0 Å². The molecule has 6 aromatic carbocycles. The monoisotopic (exact) mass is 696 g/mol.